The largest absolute Gasteiger partial charge is 2.00 e. The number of halogens is 1. The average molecular weight is 209 g/mol. The van der Waals surface area contributed by atoms with Crippen LogP contribution >= 0.6 is 0 Å². The molecule has 12 N–H and O–H groups in total. The molecule has 0 aromatic heterocycles. The SMILES string of the molecule is O.O.O.O.O.O.[Cl-].[Zn+2]. The molecule has 0 heterocycles. The molecule has 0 spiro atoms. The molecule has 0 saturated carbocycles. The summed E-state index contributed by atoms with van der Waals surface area (Å²) in [4.78, 5) is 0. The number of hydrogen-bond donors (Lipinski definition) is 0. The van der Waals surface area contributed by atoms with E-state index in [1.165, 1.54) is 0 Å². The van der Waals surface area contributed by atoms with Crippen molar-refractivity contribution in [1.82, 2.24) is 0 Å². The summed E-state index contributed by atoms with van der Waals surface area (Å²) in [6, 6.07) is 0. The first-order valence-electron chi connectivity index (χ1n) is 0. The minimum absolute atomic E-state index is 0. The van der Waals surface area contributed by atoms with Crippen LogP contribution < -0.4 is 12.4 Å². The van der Waals surface area contributed by atoms with Gasteiger partial charge < -0.3 is 45.3 Å². The third-order valence-corrected chi connectivity index (χ3v) is 0. The van der Waals surface area contributed by atoms with Crippen LogP contribution in [0.5, 0.6) is 0 Å². The summed E-state index contributed by atoms with van der Waals surface area (Å²) in [6.07, 6.45) is 0. The molecule has 8 heteroatoms. The van der Waals surface area contributed by atoms with Gasteiger partial charge in [-0.05, 0) is 0 Å². The molecule has 6 nitrogen and oxygen atoms in total. The third kappa shape index (κ3) is 474. The fraction of sp³-hybridized carbons (Fsp3) is 0. The minimum atomic E-state index is 0. The zero-order chi connectivity index (χ0) is 0. The first-order valence-corrected chi connectivity index (χ1v) is 0. The summed E-state index contributed by atoms with van der Waals surface area (Å²) >= 11 is 0. The fourth-order valence-corrected chi connectivity index (χ4v) is 0. The molecule has 0 aromatic carbocycles. The van der Waals surface area contributed by atoms with Gasteiger partial charge in [-0.1, -0.05) is 0 Å². The zero-order valence-corrected chi connectivity index (χ0v) is 7.81. The van der Waals surface area contributed by atoms with Crippen molar-refractivity contribution in [3.05, 3.63) is 0 Å². The molecule has 0 rings (SSSR count). The van der Waals surface area contributed by atoms with Gasteiger partial charge in [0.1, 0.15) is 0 Å². The van der Waals surface area contributed by atoms with E-state index in [4.69, 9.17) is 0 Å². The molecular weight excluding hydrogens is 197 g/mol. The Balaban J connectivity index is 0. The van der Waals surface area contributed by atoms with E-state index in [-0.39, 0.29) is 64.7 Å². The molecule has 8 heavy (non-hydrogen) atoms. The van der Waals surface area contributed by atoms with E-state index in [0.717, 1.165) is 0 Å². The normalized spacial score (nSPS) is 0. The van der Waals surface area contributed by atoms with Crippen molar-refractivity contribution in [2.24, 2.45) is 0 Å². The molecule has 0 aliphatic rings. The Morgan fingerprint density at radius 1 is 0.375 bits per heavy atom. The Morgan fingerprint density at radius 3 is 0.375 bits per heavy atom. The number of hydrogen-bond acceptors (Lipinski definition) is 0. The van der Waals surface area contributed by atoms with E-state index in [1.807, 2.05) is 0 Å². The van der Waals surface area contributed by atoms with Crippen LogP contribution in [0.1, 0.15) is 0 Å². The van der Waals surface area contributed by atoms with E-state index < -0.39 is 0 Å². The maximum Gasteiger partial charge on any atom is 2.00 e. The predicted octanol–water partition coefficient (Wildman–Crippen LogP) is -7.95. The predicted molar refractivity (Wildman–Crippen MR) is 21.7 cm³/mol. The first kappa shape index (κ1) is 1130. The topological polar surface area (TPSA) is 189 Å². The van der Waals surface area contributed by atoms with Crippen molar-refractivity contribution >= 4 is 0 Å². The first-order chi connectivity index (χ1) is 0. The molecule has 0 aliphatic heterocycles. The van der Waals surface area contributed by atoms with Crippen LogP contribution in [-0.4, -0.2) is 32.9 Å². The van der Waals surface area contributed by atoms with Gasteiger partial charge >= 0.3 is 19.5 Å². The molecule has 56 valence electrons. The Kier molecular flexibility index (Phi) is 106000. The van der Waals surface area contributed by atoms with E-state index in [1.54, 1.807) is 0 Å². The summed E-state index contributed by atoms with van der Waals surface area (Å²) in [7, 11) is 0. The molecule has 0 unspecified atom stereocenters. The summed E-state index contributed by atoms with van der Waals surface area (Å²) in [6.45, 7) is 0. The monoisotopic (exact) mass is 207 g/mol. The standard InChI is InChI=1S/ClH.6H2O.Zn/h1H;6*1H2;/q;;;;;;;+2/p-1. The van der Waals surface area contributed by atoms with Crippen molar-refractivity contribution in [3.8, 4) is 0 Å². The van der Waals surface area contributed by atoms with Crippen LogP contribution in [0.4, 0.5) is 0 Å². The van der Waals surface area contributed by atoms with Crippen LogP contribution in [0, 0.1) is 0 Å². The molecular formula is H12ClO6Zn+. The van der Waals surface area contributed by atoms with Crippen LogP contribution in [0.2, 0.25) is 0 Å². The quantitative estimate of drug-likeness (QED) is 0.342. The average Bonchev–Trinajstić information content (AvgIpc) is 0. The van der Waals surface area contributed by atoms with Crippen LogP contribution in [0.15, 0.2) is 0 Å². The molecule has 0 aliphatic carbocycles. The Labute approximate surface area is 65.3 Å². The van der Waals surface area contributed by atoms with Gasteiger partial charge in [-0.25, -0.2) is 0 Å². The second-order valence-corrected chi connectivity index (χ2v) is 0. The van der Waals surface area contributed by atoms with E-state index in [0.29, 0.717) is 0 Å². The second kappa shape index (κ2) is 754. The molecule has 0 saturated heterocycles. The maximum absolute atomic E-state index is 0. The van der Waals surface area contributed by atoms with E-state index in [9.17, 15) is 0 Å². The minimum Gasteiger partial charge on any atom is -1.00 e. The van der Waals surface area contributed by atoms with Crippen LogP contribution in [0.25, 0.3) is 0 Å². The summed E-state index contributed by atoms with van der Waals surface area (Å²) in [5, 5.41) is 0. The molecule has 0 bridgehead atoms. The fourth-order valence-electron chi connectivity index (χ4n) is 0. The summed E-state index contributed by atoms with van der Waals surface area (Å²) in [5.41, 5.74) is 0. The van der Waals surface area contributed by atoms with Crippen molar-refractivity contribution in [3.63, 3.8) is 0 Å². The van der Waals surface area contributed by atoms with Crippen LogP contribution in [0.3, 0.4) is 0 Å². The molecule has 0 radical (unpaired) electrons. The van der Waals surface area contributed by atoms with Gasteiger partial charge in [-0.15, -0.1) is 0 Å². The van der Waals surface area contributed by atoms with Gasteiger partial charge in [0.05, 0.1) is 0 Å². The van der Waals surface area contributed by atoms with E-state index in [2.05, 4.69) is 0 Å². The number of rotatable bonds is 0. The Bertz CT molecular complexity index is 8.49. The molecule has 0 fully saturated rings. The van der Waals surface area contributed by atoms with Gasteiger partial charge in [-0.2, -0.15) is 0 Å². The molecule has 0 amide bonds. The van der Waals surface area contributed by atoms with Crippen LogP contribution in [-0.2, 0) is 19.5 Å². The summed E-state index contributed by atoms with van der Waals surface area (Å²) in [5.74, 6) is 0. The van der Waals surface area contributed by atoms with Gasteiger partial charge in [0.15, 0.2) is 0 Å². The molecule has 0 aromatic rings. The van der Waals surface area contributed by atoms with Gasteiger partial charge in [-0.3, -0.25) is 0 Å². The maximum atomic E-state index is 0. The Morgan fingerprint density at radius 2 is 0.375 bits per heavy atom. The second-order valence-electron chi connectivity index (χ2n) is 0. The Hall–Kier alpha value is 0.673. The zero-order valence-electron chi connectivity index (χ0n) is 4.09. The van der Waals surface area contributed by atoms with Crippen molar-refractivity contribution in [1.29, 1.82) is 0 Å². The van der Waals surface area contributed by atoms with E-state index >= 15 is 0 Å². The molecule has 0 atom stereocenters. The van der Waals surface area contributed by atoms with Crippen molar-refractivity contribution in [2.75, 3.05) is 0 Å². The van der Waals surface area contributed by atoms with Gasteiger partial charge in [0, 0.05) is 0 Å². The smallest absolute Gasteiger partial charge is 1.00 e. The summed E-state index contributed by atoms with van der Waals surface area (Å²) < 4.78 is 0. The van der Waals surface area contributed by atoms with Gasteiger partial charge in [0.25, 0.3) is 0 Å². The van der Waals surface area contributed by atoms with Gasteiger partial charge in [0.2, 0.25) is 0 Å². The van der Waals surface area contributed by atoms with Crippen molar-refractivity contribution < 1.29 is 64.7 Å². The third-order valence-electron chi connectivity index (χ3n) is 0. The van der Waals surface area contributed by atoms with Crippen molar-refractivity contribution in [2.45, 2.75) is 0 Å².